The number of benzene rings is 2. The summed E-state index contributed by atoms with van der Waals surface area (Å²) in [7, 11) is 0. The van der Waals surface area contributed by atoms with Gasteiger partial charge in [-0.2, -0.15) is 0 Å². The molecule has 0 aliphatic carbocycles. The van der Waals surface area contributed by atoms with Crippen LogP contribution in [0.25, 0.3) is 0 Å². The Morgan fingerprint density at radius 3 is 2.37 bits per heavy atom. The third kappa shape index (κ3) is 3.85. The van der Waals surface area contributed by atoms with E-state index in [0.29, 0.717) is 6.54 Å². The van der Waals surface area contributed by atoms with Gasteiger partial charge in [0.05, 0.1) is 0 Å². The average Bonchev–Trinajstić information content (AvgIpc) is 2.40. The van der Waals surface area contributed by atoms with Crippen LogP contribution >= 0.6 is 15.9 Å². The molecular formula is C15H14BrF2N. The second-order valence-electron chi connectivity index (χ2n) is 4.40. The lowest BCUT2D eigenvalue weighted by Gasteiger charge is -2.14. The molecule has 0 aromatic heterocycles. The van der Waals surface area contributed by atoms with E-state index < -0.39 is 11.6 Å². The minimum atomic E-state index is -0.815. The van der Waals surface area contributed by atoms with Crippen molar-refractivity contribution in [2.24, 2.45) is 0 Å². The molecule has 0 aliphatic heterocycles. The largest absolute Gasteiger partial charge is 0.306 e. The Labute approximate surface area is 119 Å². The van der Waals surface area contributed by atoms with Crippen molar-refractivity contribution in [1.82, 2.24) is 5.32 Å². The van der Waals surface area contributed by atoms with Gasteiger partial charge in [-0.15, -0.1) is 0 Å². The fourth-order valence-electron chi connectivity index (χ4n) is 1.79. The summed E-state index contributed by atoms with van der Waals surface area (Å²) in [6, 6.07) is 12.1. The lowest BCUT2D eigenvalue weighted by molar-refractivity contribution is 0.504. The number of hydrogen-bond donors (Lipinski definition) is 1. The summed E-state index contributed by atoms with van der Waals surface area (Å²) < 4.78 is 26.9. The second-order valence-corrected chi connectivity index (χ2v) is 5.32. The van der Waals surface area contributed by atoms with E-state index in [1.807, 2.05) is 31.2 Å². The SMILES string of the molecule is CC(NCc1ccc(F)c(F)c1)c1ccc(Br)cc1. The van der Waals surface area contributed by atoms with Crippen molar-refractivity contribution in [3.05, 3.63) is 69.7 Å². The van der Waals surface area contributed by atoms with Crippen LogP contribution in [0.15, 0.2) is 46.9 Å². The van der Waals surface area contributed by atoms with Gasteiger partial charge < -0.3 is 5.32 Å². The maximum Gasteiger partial charge on any atom is 0.159 e. The van der Waals surface area contributed by atoms with E-state index in [1.54, 1.807) is 6.07 Å². The zero-order chi connectivity index (χ0) is 13.8. The van der Waals surface area contributed by atoms with Crippen molar-refractivity contribution >= 4 is 15.9 Å². The van der Waals surface area contributed by atoms with E-state index in [2.05, 4.69) is 21.2 Å². The van der Waals surface area contributed by atoms with Gasteiger partial charge in [-0.05, 0) is 42.3 Å². The van der Waals surface area contributed by atoms with Crippen molar-refractivity contribution in [3.63, 3.8) is 0 Å². The van der Waals surface area contributed by atoms with Crippen molar-refractivity contribution in [2.75, 3.05) is 0 Å². The molecule has 0 saturated carbocycles. The Kier molecular flexibility index (Phi) is 4.66. The highest BCUT2D eigenvalue weighted by Crippen LogP contribution is 2.17. The Balaban J connectivity index is 1.98. The maximum atomic E-state index is 13.1. The highest BCUT2D eigenvalue weighted by atomic mass is 79.9. The van der Waals surface area contributed by atoms with Gasteiger partial charge in [0, 0.05) is 17.1 Å². The molecular weight excluding hydrogens is 312 g/mol. The van der Waals surface area contributed by atoms with E-state index in [9.17, 15) is 8.78 Å². The lowest BCUT2D eigenvalue weighted by atomic mass is 10.1. The molecule has 1 N–H and O–H groups in total. The number of rotatable bonds is 4. The highest BCUT2D eigenvalue weighted by molar-refractivity contribution is 9.10. The first-order valence-corrected chi connectivity index (χ1v) is 6.78. The number of hydrogen-bond acceptors (Lipinski definition) is 1. The van der Waals surface area contributed by atoms with Crippen molar-refractivity contribution in [3.8, 4) is 0 Å². The molecule has 0 bridgehead atoms. The van der Waals surface area contributed by atoms with Crippen LogP contribution in [0.2, 0.25) is 0 Å². The zero-order valence-corrected chi connectivity index (χ0v) is 12.0. The minimum absolute atomic E-state index is 0.140. The lowest BCUT2D eigenvalue weighted by Crippen LogP contribution is -2.18. The van der Waals surface area contributed by atoms with E-state index in [-0.39, 0.29) is 6.04 Å². The van der Waals surface area contributed by atoms with E-state index >= 15 is 0 Å². The predicted molar refractivity (Wildman–Crippen MR) is 75.8 cm³/mol. The summed E-state index contributed by atoms with van der Waals surface area (Å²) in [6.07, 6.45) is 0. The summed E-state index contributed by atoms with van der Waals surface area (Å²) in [5.74, 6) is -1.62. The van der Waals surface area contributed by atoms with Crippen LogP contribution in [-0.2, 0) is 6.54 Å². The van der Waals surface area contributed by atoms with Crippen LogP contribution in [0.1, 0.15) is 24.1 Å². The smallest absolute Gasteiger partial charge is 0.159 e. The molecule has 1 unspecified atom stereocenters. The molecule has 0 aliphatic rings. The molecule has 1 atom stereocenters. The van der Waals surface area contributed by atoms with Gasteiger partial charge in [0.25, 0.3) is 0 Å². The van der Waals surface area contributed by atoms with Gasteiger partial charge in [-0.25, -0.2) is 8.78 Å². The number of halogens is 3. The van der Waals surface area contributed by atoms with Crippen molar-refractivity contribution in [1.29, 1.82) is 0 Å². The van der Waals surface area contributed by atoms with Gasteiger partial charge in [0.2, 0.25) is 0 Å². The van der Waals surface area contributed by atoms with Crippen LogP contribution in [0, 0.1) is 11.6 Å². The molecule has 0 fully saturated rings. The first-order valence-electron chi connectivity index (χ1n) is 5.99. The molecule has 2 aromatic carbocycles. The second kappa shape index (κ2) is 6.26. The van der Waals surface area contributed by atoms with Crippen LogP contribution in [0.3, 0.4) is 0 Å². The van der Waals surface area contributed by atoms with Crippen LogP contribution < -0.4 is 5.32 Å². The molecule has 0 radical (unpaired) electrons. The minimum Gasteiger partial charge on any atom is -0.306 e. The van der Waals surface area contributed by atoms with Gasteiger partial charge in [-0.3, -0.25) is 0 Å². The number of nitrogens with one attached hydrogen (secondary N) is 1. The van der Waals surface area contributed by atoms with Crippen LogP contribution in [0.5, 0.6) is 0 Å². The molecule has 100 valence electrons. The standard InChI is InChI=1S/C15H14BrF2N/c1-10(12-3-5-13(16)6-4-12)19-9-11-2-7-14(17)15(18)8-11/h2-8,10,19H,9H2,1H3. The average molecular weight is 326 g/mol. The molecule has 0 saturated heterocycles. The predicted octanol–water partition coefficient (Wildman–Crippen LogP) is 4.58. The Morgan fingerprint density at radius 2 is 1.74 bits per heavy atom. The van der Waals surface area contributed by atoms with Crippen molar-refractivity contribution < 1.29 is 8.78 Å². The summed E-state index contributed by atoms with van der Waals surface area (Å²) in [6.45, 7) is 2.53. The molecule has 0 spiro atoms. The van der Waals surface area contributed by atoms with Gasteiger partial charge in [0.1, 0.15) is 0 Å². The van der Waals surface area contributed by atoms with Gasteiger partial charge >= 0.3 is 0 Å². The Hall–Kier alpha value is -1.26. The molecule has 1 nitrogen and oxygen atoms in total. The molecule has 2 aromatic rings. The van der Waals surface area contributed by atoms with E-state index in [4.69, 9.17) is 0 Å². The quantitative estimate of drug-likeness (QED) is 0.867. The van der Waals surface area contributed by atoms with E-state index in [1.165, 1.54) is 6.07 Å². The summed E-state index contributed by atoms with van der Waals surface area (Å²) in [5, 5.41) is 3.28. The molecule has 4 heteroatoms. The van der Waals surface area contributed by atoms with Crippen LogP contribution in [0.4, 0.5) is 8.78 Å². The maximum absolute atomic E-state index is 13.1. The fraction of sp³-hybridized carbons (Fsp3) is 0.200. The summed E-state index contributed by atoms with van der Waals surface area (Å²) in [4.78, 5) is 0. The van der Waals surface area contributed by atoms with Gasteiger partial charge in [-0.1, -0.05) is 34.1 Å². The van der Waals surface area contributed by atoms with Crippen LogP contribution in [-0.4, -0.2) is 0 Å². The first-order chi connectivity index (χ1) is 9.06. The monoisotopic (exact) mass is 325 g/mol. The molecule has 0 heterocycles. The molecule has 19 heavy (non-hydrogen) atoms. The third-order valence-electron chi connectivity index (χ3n) is 2.97. The zero-order valence-electron chi connectivity index (χ0n) is 10.5. The Bertz CT molecular complexity index is 555. The first kappa shape index (κ1) is 14.2. The fourth-order valence-corrected chi connectivity index (χ4v) is 2.05. The van der Waals surface area contributed by atoms with Gasteiger partial charge in [0.15, 0.2) is 11.6 Å². The summed E-state index contributed by atoms with van der Waals surface area (Å²) in [5.41, 5.74) is 1.87. The topological polar surface area (TPSA) is 12.0 Å². The highest BCUT2D eigenvalue weighted by Gasteiger charge is 2.06. The Morgan fingerprint density at radius 1 is 1.05 bits per heavy atom. The van der Waals surface area contributed by atoms with Crippen molar-refractivity contribution in [2.45, 2.75) is 19.5 Å². The summed E-state index contributed by atoms with van der Waals surface area (Å²) >= 11 is 3.39. The normalized spacial score (nSPS) is 12.4. The van der Waals surface area contributed by atoms with E-state index in [0.717, 1.165) is 21.7 Å². The molecule has 0 amide bonds. The molecule has 2 rings (SSSR count). The third-order valence-corrected chi connectivity index (χ3v) is 3.50.